The first-order valence-corrected chi connectivity index (χ1v) is 8.57. The zero-order chi connectivity index (χ0) is 16.6. The van der Waals surface area contributed by atoms with Crippen molar-refractivity contribution >= 4 is 5.91 Å². The van der Waals surface area contributed by atoms with Crippen molar-refractivity contribution in [2.24, 2.45) is 11.8 Å². The maximum Gasteiger partial charge on any atom is 0.217 e. The minimum Gasteiger partial charge on any atom is -0.370 e. The summed E-state index contributed by atoms with van der Waals surface area (Å²) in [6.45, 7) is 5.89. The standard InChI is InChI=1S/C19H26FNO2/c1-12-8-9-15-17(10-12)23-18(11-19(15,3)21-13(2)22)14-6-4-5-7-16(14)20/h4-7,12,15,17-18H,8-11H2,1-3H3,(H,21,22)/t12-,15-,17-,18-,19+/m1/s1. The Balaban J connectivity index is 1.92. The molecule has 126 valence electrons. The van der Waals surface area contributed by atoms with Gasteiger partial charge in [0, 0.05) is 30.4 Å². The third-order valence-electron chi connectivity index (χ3n) is 5.53. The monoisotopic (exact) mass is 319 g/mol. The molecule has 3 nitrogen and oxygen atoms in total. The maximum atomic E-state index is 14.2. The third-order valence-corrected chi connectivity index (χ3v) is 5.53. The second-order valence-electron chi connectivity index (χ2n) is 7.51. The van der Waals surface area contributed by atoms with Crippen molar-refractivity contribution in [1.29, 1.82) is 0 Å². The van der Waals surface area contributed by atoms with E-state index >= 15 is 0 Å². The lowest BCUT2D eigenvalue weighted by Crippen LogP contribution is -2.60. The number of carbonyl (C=O) groups excluding carboxylic acids is 1. The first-order valence-electron chi connectivity index (χ1n) is 8.57. The molecule has 1 aromatic carbocycles. The van der Waals surface area contributed by atoms with Gasteiger partial charge in [0.05, 0.1) is 12.2 Å². The normalized spacial score (nSPS) is 37.0. The zero-order valence-electron chi connectivity index (χ0n) is 14.1. The summed E-state index contributed by atoms with van der Waals surface area (Å²) < 4.78 is 20.5. The van der Waals surface area contributed by atoms with E-state index in [1.165, 1.54) is 6.07 Å². The molecule has 0 bridgehead atoms. The fourth-order valence-corrected chi connectivity index (χ4v) is 4.47. The van der Waals surface area contributed by atoms with Gasteiger partial charge in [-0.2, -0.15) is 0 Å². The van der Waals surface area contributed by atoms with E-state index in [0.717, 1.165) is 19.3 Å². The number of hydrogen-bond donors (Lipinski definition) is 1. The second-order valence-corrected chi connectivity index (χ2v) is 7.51. The fourth-order valence-electron chi connectivity index (χ4n) is 4.47. The first-order chi connectivity index (χ1) is 10.9. The molecular weight excluding hydrogens is 293 g/mol. The van der Waals surface area contributed by atoms with Crippen LogP contribution in [0.15, 0.2) is 24.3 Å². The Morgan fingerprint density at radius 3 is 2.78 bits per heavy atom. The van der Waals surface area contributed by atoms with E-state index < -0.39 is 0 Å². The first kappa shape index (κ1) is 16.4. The summed E-state index contributed by atoms with van der Waals surface area (Å²) in [7, 11) is 0. The summed E-state index contributed by atoms with van der Waals surface area (Å²) in [5, 5.41) is 3.15. The number of fused-ring (bicyclic) bond motifs is 1. The van der Waals surface area contributed by atoms with Crippen LogP contribution < -0.4 is 5.32 Å². The number of nitrogens with one attached hydrogen (secondary N) is 1. The number of halogens is 1. The lowest BCUT2D eigenvalue weighted by molar-refractivity contribution is -0.153. The molecule has 2 fully saturated rings. The van der Waals surface area contributed by atoms with Crippen LogP contribution in [-0.2, 0) is 9.53 Å². The molecule has 1 N–H and O–H groups in total. The maximum absolute atomic E-state index is 14.2. The van der Waals surface area contributed by atoms with Gasteiger partial charge in [0.2, 0.25) is 5.91 Å². The van der Waals surface area contributed by atoms with Gasteiger partial charge < -0.3 is 10.1 Å². The summed E-state index contributed by atoms with van der Waals surface area (Å²) in [5.41, 5.74) is 0.253. The quantitative estimate of drug-likeness (QED) is 0.895. The van der Waals surface area contributed by atoms with Gasteiger partial charge in [0.15, 0.2) is 0 Å². The van der Waals surface area contributed by atoms with Gasteiger partial charge in [-0.1, -0.05) is 31.5 Å². The number of benzene rings is 1. The van der Waals surface area contributed by atoms with Crippen LogP contribution in [0, 0.1) is 17.7 Å². The summed E-state index contributed by atoms with van der Waals surface area (Å²) in [4.78, 5) is 11.7. The third kappa shape index (κ3) is 3.27. The number of ether oxygens (including phenoxy) is 1. The summed E-state index contributed by atoms with van der Waals surface area (Å²) in [6, 6.07) is 6.80. The highest BCUT2D eigenvalue weighted by molar-refractivity contribution is 5.73. The van der Waals surface area contributed by atoms with E-state index in [1.807, 2.05) is 6.07 Å². The van der Waals surface area contributed by atoms with Gasteiger partial charge >= 0.3 is 0 Å². The Hall–Kier alpha value is -1.42. The molecule has 0 radical (unpaired) electrons. The van der Waals surface area contributed by atoms with Crippen LogP contribution in [0.4, 0.5) is 4.39 Å². The Bertz CT molecular complexity index is 590. The van der Waals surface area contributed by atoms with Crippen LogP contribution in [0.2, 0.25) is 0 Å². The number of hydrogen-bond acceptors (Lipinski definition) is 2. The Morgan fingerprint density at radius 2 is 2.09 bits per heavy atom. The van der Waals surface area contributed by atoms with Crippen LogP contribution in [0.25, 0.3) is 0 Å². The Morgan fingerprint density at radius 1 is 1.35 bits per heavy atom. The molecule has 1 amide bonds. The number of rotatable bonds is 2. The van der Waals surface area contributed by atoms with Crippen molar-refractivity contribution < 1.29 is 13.9 Å². The summed E-state index contributed by atoms with van der Waals surface area (Å²) >= 11 is 0. The zero-order valence-corrected chi connectivity index (χ0v) is 14.1. The van der Waals surface area contributed by atoms with Crippen molar-refractivity contribution in [3.8, 4) is 0 Å². The van der Waals surface area contributed by atoms with Crippen LogP contribution in [0.1, 0.15) is 58.1 Å². The molecule has 1 saturated heterocycles. The van der Waals surface area contributed by atoms with Crippen LogP contribution >= 0.6 is 0 Å². The molecule has 1 aromatic rings. The molecule has 1 aliphatic heterocycles. The van der Waals surface area contributed by atoms with Gasteiger partial charge in [0.25, 0.3) is 0 Å². The van der Waals surface area contributed by atoms with Crippen molar-refractivity contribution in [1.82, 2.24) is 5.32 Å². The lowest BCUT2D eigenvalue weighted by Gasteiger charge is -2.52. The molecule has 0 unspecified atom stereocenters. The molecule has 3 rings (SSSR count). The Labute approximate surface area is 137 Å². The topological polar surface area (TPSA) is 38.3 Å². The van der Waals surface area contributed by atoms with E-state index in [0.29, 0.717) is 23.8 Å². The van der Waals surface area contributed by atoms with Crippen LogP contribution in [-0.4, -0.2) is 17.6 Å². The van der Waals surface area contributed by atoms with Gasteiger partial charge in [-0.3, -0.25) is 4.79 Å². The van der Waals surface area contributed by atoms with Crippen molar-refractivity contribution in [2.75, 3.05) is 0 Å². The smallest absolute Gasteiger partial charge is 0.217 e. The minimum atomic E-state index is -0.345. The minimum absolute atomic E-state index is 0.0287. The summed E-state index contributed by atoms with van der Waals surface area (Å²) in [6.07, 6.45) is 3.57. The second kappa shape index (κ2) is 6.23. The number of amides is 1. The molecular formula is C19H26FNO2. The highest BCUT2D eigenvalue weighted by Gasteiger charge is 2.49. The van der Waals surface area contributed by atoms with E-state index in [4.69, 9.17) is 4.74 Å². The fraction of sp³-hybridized carbons (Fsp3) is 0.632. The average Bonchev–Trinajstić information content (AvgIpc) is 2.45. The van der Waals surface area contributed by atoms with Crippen LogP contribution in [0.5, 0.6) is 0 Å². The molecule has 2 aliphatic rings. The predicted molar refractivity (Wildman–Crippen MR) is 87.4 cm³/mol. The predicted octanol–water partition coefficient (Wildman–Crippen LogP) is 3.99. The molecule has 5 atom stereocenters. The van der Waals surface area contributed by atoms with Crippen molar-refractivity contribution in [2.45, 2.75) is 64.2 Å². The molecule has 4 heteroatoms. The lowest BCUT2D eigenvalue weighted by atomic mass is 9.66. The molecule has 23 heavy (non-hydrogen) atoms. The van der Waals surface area contributed by atoms with E-state index in [1.54, 1.807) is 19.1 Å². The molecule has 1 heterocycles. The van der Waals surface area contributed by atoms with E-state index in [9.17, 15) is 9.18 Å². The van der Waals surface area contributed by atoms with Crippen LogP contribution in [0.3, 0.4) is 0 Å². The SMILES string of the molecule is CC(=O)N[C@@]1(C)C[C@H](c2ccccc2F)O[C@@H]2C[C@H](C)CC[C@H]21. The van der Waals surface area contributed by atoms with E-state index in [-0.39, 0.29) is 29.5 Å². The van der Waals surface area contributed by atoms with Gasteiger partial charge in [-0.25, -0.2) is 4.39 Å². The highest BCUT2D eigenvalue weighted by atomic mass is 19.1. The molecule has 1 saturated carbocycles. The van der Waals surface area contributed by atoms with Gasteiger partial charge in [-0.15, -0.1) is 0 Å². The molecule has 0 aromatic heterocycles. The van der Waals surface area contributed by atoms with E-state index in [2.05, 4.69) is 19.2 Å². The van der Waals surface area contributed by atoms with Gasteiger partial charge in [0.1, 0.15) is 5.82 Å². The van der Waals surface area contributed by atoms with Crippen molar-refractivity contribution in [3.05, 3.63) is 35.6 Å². The highest BCUT2D eigenvalue weighted by Crippen LogP contribution is 2.48. The molecule has 1 aliphatic carbocycles. The van der Waals surface area contributed by atoms with Crippen molar-refractivity contribution in [3.63, 3.8) is 0 Å². The molecule has 0 spiro atoms. The largest absolute Gasteiger partial charge is 0.370 e. The van der Waals surface area contributed by atoms with Gasteiger partial charge in [-0.05, 0) is 31.7 Å². The Kier molecular flexibility index (Phi) is 4.45. The average molecular weight is 319 g/mol. The number of carbonyl (C=O) groups is 1. The summed E-state index contributed by atoms with van der Waals surface area (Å²) in [5.74, 6) is 0.645.